The van der Waals surface area contributed by atoms with Gasteiger partial charge >= 0.3 is 5.97 Å². The van der Waals surface area contributed by atoms with Gasteiger partial charge in [0.05, 0.1) is 0 Å². The Morgan fingerprint density at radius 1 is 1.17 bits per heavy atom. The molecule has 4 aliphatic rings. The van der Waals surface area contributed by atoms with Crippen LogP contribution in [-0.2, 0) is 14.3 Å². The number of nitriles is 1. The number of aryl methyl sites for hydroxylation is 1. The van der Waals surface area contributed by atoms with E-state index < -0.39 is 5.97 Å². The third-order valence-corrected chi connectivity index (χ3v) is 7.44. The number of carbonyl (C=O) groups is 2. The summed E-state index contributed by atoms with van der Waals surface area (Å²) in [5.41, 5.74) is 1.94. The molecular weight excluding hydrogens is 376 g/mol. The topological polar surface area (TPSA) is 79.2 Å². The number of hydrogen-bond donors (Lipinski definition) is 1. The average molecular weight is 407 g/mol. The van der Waals surface area contributed by atoms with E-state index in [2.05, 4.69) is 12.2 Å². The Morgan fingerprint density at radius 2 is 1.73 bits per heavy atom. The van der Waals surface area contributed by atoms with Crippen molar-refractivity contribution in [1.82, 2.24) is 5.32 Å². The second kappa shape index (κ2) is 8.26. The summed E-state index contributed by atoms with van der Waals surface area (Å²) in [6, 6.07) is 9.44. The van der Waals surface area contributed by atoms with Crippen molar-refractivity contribution in [3.63, 3.8) is 0 Å². The molecule has 4 saturated carbocycles. The molecule has 0 spiro atoms. The van der Waals surface area contributed by atoms with Crippen LogP contribution in [0.2, 0.25) is 0 Å². The van der Waals surface area contributed by atoms with Crippen LogP contribution >= 0.6 is 0 Å². The van der Waals surface area contributed by atoms with Crippen LogP contribution in [0.3, 0.4) is 0 Å². The van der Waals surface area contributed by atoms with E-state index in [1.807, 2.05) is 37.3 Å². The van der Waals surface area contributed by atoms with Crippen molar-refractivity contribution >= 4 is 18.0 Å². The van der Waals surface area contributed by atoms with Crippen LogP contribution in [0, 0.1) is 41.4 Å². The number of esters is 1. The maximum atomic E-state index is 12.5. The summed E-state index contributed by atoms with van der Waals surface area (Å²) >= 11 is 0. The molecule has 30 heavy (non-hydrogen) atoms. The van der Waals surface area contributed by atoms with Crippen LogP contribution in [0.1, 0.15) is 56.6 Å². The van der Waals surface area contributed by atoms with Crippen LogP contribution in [0.4, 0.5) is 0 Å². The van der Waals surface area contributed by atoms with E-state index in [0.717, 1.165) is 28.9 Å². The Hall–Kier alpha value is -2.61. The number of rotatable bonds is 6. The predicted molar refractivity (Wildman–Crippen MR) is 114 cm³/mol. The van der Waals surface area contributed by atoms with E-state index >= 15 is 0 Å². The second-order valence-corrected chi connectivity index (χ2v) is 9.73. The van der Waals surface area contributed by atoms with Crippen LogP contribution in [0.5, 0.6) is 0 Å². The van der Waals surface area contributed by atoms with Crippen LogP contribution < -0.4 is 5.32 Å². The lowest BCUT2D eigenvalue weighted by Gasteiger charge is -2.59. The predicted octanol–water partition coefficient (Wildman–Crippen LogP) is 4.17. The minimum Gasteiger partial charge on any atom is -0.451 e. The molecule has 4 bridgehead atoms. The lowest BCUT2D eigenvalue weighted by Crippen LogP contribution is -2.56. The number of carbonyl (C=O) groups excluding carboxylic acids is 2. The molecule has 5 rings (SSSR count). The molecule has 0 unspecified atom stereocenters. The fourth-order valence-electron chi connectivity index (χ4n) is 6.32. The number of amides is 1. The second-order valence-electron chi connectivity index (χ2n) is 9.73. The molecule has 0 aromatic heterocycles. The third kappa shape index (κ3) is 4.28. The summed E-state index contributed by atoms with van der Waals surface area (Å²) in [5, 5.41) is 12.4. The zero-order chi connectivity index (χ0) is 21.3. The highest BCUT2D eigenvalue weighted by Crippen LogP contribution is 2.61. The third-order valence-electron chi connectivity index (χ3n) is 7.44. The minimum atomic E-state index is -0.768. The van der Waals surface area contributed by atoms with E-state index in [1.165, 1.54) is 44.6 Å². The molecule has 0 radical (unpaired) electrons. The fraction of sp³-hybridized carbons (Fsp3) is 0.560. The highest BCUT2D eigenvalue weighted by atomic mass is 16.5. The van der Waals surface area contributed by atoms with Gasteiger partial charge in [0, 0.05) is 6.04 Å². The van der Waals surface area contributed by atoms with Crippen molar-refractivity contribution in [3.8, 4) is 6.07 Å². The van der Waals surface area contributed by atoms with E-state index in [1.54, 1.807) is 0 Å². The molecule has 1 amide bonds. The molecule has 0 heterocycles. The van der Waals surface area contributed by atoms with Gasteiger partial charge in [-0.2, -0.15) is 5.26 Å². The van der Waals surface area contributed by atoms with Gasteiger partial charge in [-0.15, -0.1) is 0 Å². The van der Waals surface area contributed by atoms with Gasteiger partial charge in [0.15, 0.2) is 6.61 Å². The van der Waals surface area contributed by atoms with Crippen molar-refractivity contribution < 1.29 is 14.3 Å². The molecule has 0 aliphatic heterocycles. The number of ether oxygens (including phenoxy) is 1. The van der Waals surface area contributed by atoms with Gasteiger partial charge in [0.2, 0.25) is 0 Å². The van der Waals surface area contributed by atoms with Crippen molar-refractivity contribution in [2.75, 3.05) is 6.61 Å². The Bertz CT molecular complexity index is 859. The Balaban J connectivity index is 1.31. The summed E-state index contributed by atoms with van der Waals surface area (Å²) in [7, 11) is 0. The zero-order valence-corrected chi connectivity index (χ0v) is 17.8. The maximum absolute atomic E-state index is 12.5. The standard InChI is InChI=1S/C25H30N2O3/c1-16-3-5-18(6-4-16)10-22(14-26)24(29)30-15-23(28)27-17(2)25-11-19-7-20(12-25)9-21(8-19)13-25/h3-6,10,17,19-21H,7-9,11-13,15H2,1-2H3,(H,27,28)/b22-10+/t17-,19?,20?,21?,25?/m0/s1. The van der Waals surface area contributed by atoms with Crippen LogP contribution in [-0.4, -0.2) is 24.5 Å². The van der Waals surface area contributed by atoms with Crippen molar-refractivity contribution in [1.29, 1.82) is 5.26 Å². The zero-order valence-electron chi connectivity index (χ0n) is 17.8. The summed E-state index contributed by atoms with van der Waals surface area (Å²) in [5.74, 6) is 1.39. The summed E-state index contributed by atoms with van der Waals surface area (Å²) < 4.78 is 5.13. The monoisotopic (exact) mass is 406 g/mol. The minimum absolute atomic E-state index is 0.0793. The molecule has 1 aromatic rings. The fourth-order valence-corrected chi connectivity index (χ4v) is 6.32. The van der Waals surface area contributed by atoms with E-state index in [0.29, 0.717) is 0 Å². The molecule has 1 N–H and O–H groups in total. The molecule has 5 nitrogen and oxygen atoms in total. The molecule has 0 saturated heterocycles. The largest absolute Gasteiger partial charge is 0.451 e. The molecule has 1 aromatic carbocycles. The molecule has 5 heteroatoms. The Kier molecular flexibility index (Phi) is 5.69. The lowest BCUT2D eigenvalue weighted by molar-refractivity contribution is -0.145. The normalized spacial score (nSPS) is 30.4. The SMILES string of the molecule is Cc1ccc(/C=C(\C#N)C(=O)OCC(=O)N[C@@H](C)C23CC4CC(CC(C4)C2)C3)cc1. The lowest BCUT2D eigenvalue weighted by atomic mass is 9.48. The Morgan fingerprint density at radius 3 is 2.27 bits per heavy atom. The van der Waals surface area contributed by atoms with Crippen molar-refractivity contribution in [2.45, 2.75) is 58.4 Å². The van der Waals surface area contributed by atoms with E-state index in [-0.39, 0.29) is 29.5 Å². The first kappa shape index (κ1) is 20.7. The van der Waals surface area contributed by atoms with Gasteiger partial charge in [-0.3, -0.25) is 4.79 Å². The van der Waals surface area contributed by atoms with Crippen LogP contribution in [0.15, 0.2) is 29.8 Å². The maximum Gasteiger partial charge on any atom is 0.349 e. The summed E-state index contributed by atoms with van der Waals surface area (Å²) in [4.78, 5) is 24.7. The van der Waals surface area contributed by atoms with Gasteiger partial charge in [0.1, 0.15) is 11.6 Å². The highest BCUT2D eigenvalue weighted by molar-refractivity contribution is 5.98. The number of nitrogens with one attached hydrogen (secondary N) is 1. The average Bonchev–Trinajstić information content (AvgIpc) is 2.70. The van der Waals surface area contributed by atoms with Gasteiger partial charge in [-0.1, -0.05) is 29.8 Å². The number of hydrogen-bond acceptors (Lipinski definition) is 4. The smallest absolute Gasteiger partial charge is 0.349 e. The van der Waals surface area contributed by atoms with E-state index in [9.17, 15) is 14.9 Å². The summed E-state index contributed by atoms with van der Waals surface area (Å²) in [6.45, 7) is 3.71. The molecule has 158 valence electrons. The van der Waals surface area contributed by atoms with Crippen molar-refractivity contribution in [2.24, 2.45) is 23.2 Å². The first-order valence-corrected chi connectivity index (χ1v) is 11.0. The van der Waals surface area contributed by atoms with Gasteiger partial charge in [-0.25, -0.2) is 4.79 Å². The number of nitrogens with zero attached hydrogens (tertiary/aromatic N) is 1. The highest BCUT2D eigenvalue weighted by Gasteiger charge is 2.53. The van der Waals surface area contributed by atoms with E-state index in [4.69, 9.17) is 4.74 Å². The molecule has 1 atom stereocenters. The number of benzene rings is 1. The molecule has 4 fully saturated rings. The van der Waals surface area contributed by atoms with Gasteiger partial charge in [-0.05, 0) is 87.2 Å². The van der Waals surface area contributed by atoms with Crippen molar-refractivity contribution in [3.05, 3.63) is 41.0 Å². The Labute approximate surface area is 178 Å². The quantitative estimate of drug-likeness (QED) is 0.437. The molecule has 4 aliphatic carbocycles. The van der Waals surface area contributed by atoms with Gasteiger partial charge < -0.3 is 10.1 Å². The molecular formula is C25H30N2O3. The first-order valence-electron chi connectivity index (χ1n) is 11.0. The first-order chi connectivity index (χ1) is 14.4. The van der Waals surface area contributed by atoms with Crippen LogP contribution in [0.25, 0.3) is 6.08 Å². The summed E-state index contributed by atoms with van der Waals surface area (Å²) in [6.07, 6.45) is 9.19. The van der Waals surface area contributed by atoms with Gasteiger partial charge in [0.25, 0.3) is 5.91 Å².